The van der Waals surface area contributed by atoms with E-state index >= 15 is 0 Å². The van der Waals surface area contributed by atoms with Gasteiger partial charge in [-0.15, -0.1) is 0 Å². The van der Waals surface area contributed by atoms with Crippen LogP contribution in [0.4, 0.5) is 0 Å². The summed E-state index contributed by atoms with van der Waals surface area (Å²) in [7, 11) is 0. The minimum atomic E-state index is -0.350. The molecule has 0 aliphatic heterocycles. The lowest BCUT2D eigenvalue weighted by atomic mass is 9.91. The molecule has 0 radical (unpaired) electrons. The molecule has 1 N–H and O–H groups in total. The second-order valence-electron chi connectivity index (χ2n) is 5.22. The summed E-state index contributed by atoms with van der Waals surface area (Å²) in [6.45, 7) is 6.11. The molecule has 1 aromatic heterocycles. The van der Waals surface area contributed by atoms with Crippen LogP contribution in [-0.2, 0) is 5.41 Å². The molecule has 94 valence electrons. The molecule has 0 saturated carbocycles. The van der Waals surface area contributed by atoms with Gasteiger partial charge >= 0.3 is 5.69 Å². The Hall–Kier alpha value is -1.61. The Balaban J connectivity index is 2.63. The van der Waals surface area contributed by atoms with Gasteiger partial charge in [0.15, 0.2) is 0 Å². The number of benzene rings is 1. The zero-order chi connectivity index (χ0) is 13.3. The summed E-state index contributed by atoms with van der Waals surface area (Å²) < 4.78 is 0. The van der Waals surface area contributed by atoms with Crippen LogP contribution in [0.1, 0.15) is 26.5 Å². The molecule has 1 heterocycles. The largest absolute Gasteiger partial charge is 0.345 e. The first-order valence-corrected chi connectivity index (χ1v) is 6.12. The fourth-order valence-electron chi connectivity index (χ4n) is 1.67. The molecular weight excluding hydrogens is 248 g/mol. The van der Waals surface area contributed by atoms with Crippen LogP contribution in [0.15, 0.2) is 35.1 Å². The minimum Gasteiger partial charge on any atom is -0.309 e. The van der Waals surface area contributed by atoms with Crippen molar-refractivity contribution in [3.8, 4) is 11.3 Å². The number of aromatic nitrogens is 2. The molecule has 0 atom stereocenters. The molecule has 1 aromatic carbocycles. The lowest BCUT2D eigenvalue weighted by molar-refractivity contribution is 0.564. The van der Waals surface area contributed by atoms with Gasteiger partial charge in [-0.25, -0.2) is 4.79 Å². The zero-order valence-corrected chi connectivity index (χ0v) is 11.4. The molecule has 2 aromatic rings. The van der Waals surface area contributed by atoms with Crippen molar-refractivity contribution in [2.24, 2.45) is 0 Å². The van der Waals surface area contributed by atoms with Crippen molar-refractivity contribution in [1.29, 1.82) is 0 Å². The summed E-state index contributed by atoms with van der Waals surface area (Å²) in [6.07, 6.45) is 0. The highest BCUT2D eigenvalue weighted by Gasteiger charge is 2.17. The Labute approximate surface area is 111 Å². The molecule has 0 aliphatic carbocycles. The first-order chi connectivity index (χ1) is 8.38. The Kier molecular flexibility index (Phi) is 3.26. The fraction of sp³-hybridized carbons (Fsp3) is 0.286. The number of rotatable bonds is 1. The van der Waals surface area contributed by atoms with Crippen LogP contribution in [0.5, 0.6) is 0 Å². The second-order valence-corrected chi connectivity index (χ2v) is 5.62. The first-order valence-electron chi connectivity index (χ1n) is 5.75. The average Bonchev–Trinajstić information content (AvgIpc) is 2.27. The Bertz CT molecular complexity index is 626. The van der Waals surface area contributed by atoms with Gasteiger partial charge in [0.05, 0.1) is 5.69 Å². The van der Waals surface area contributed by atoms with Crippen molar-refractivity contribution in [1.82, 2.24) is 9.97 Å². The highest BCUT2D eigenvalue weighted by atomic mass is 35.5. The summed E-state index contributed by atoms with van der Waals surface area (Å²) in [5.41, 5.74) is 1.73. The molecule has 2 rings (SSSR count). The maximum atomic E-state index is 11.6. The number of aromatic amines is 1. The Morgan fingerprint density at radius 2 is 1.89 bits per heavy atom. The molecule has 0 saturated heterocycles. The fourth-order valence-corrected chi connectivity index (χ4v) is 1.90. The van der Waals surface area contributed by atoms with Crippen molar-refractivity contribution in [2.75, 3.05) is 0 Å². The zero-order valence-electron chi connectivity index (χ0n) is 10.6. The normalized spacial score (nSPS) is 11.6. The van der Waals surface area contributed by atoms with Crippen LogP contribution in [0.3, 0.4) is 0 Å². The summed E-state index contributed by atoms with van der Waals surface area (Å²) in [5, 5.41) is 0.593. The highest BCUT2D eigenvalue weighted by molar-refractivity contribution is 6.33. The molecule has 4 heteroatoms. The van der Waals surface area contributed by atoms with E-state index in [0.717, 1.165) is 11.3 Å². The molecule has 0 fully saturated rings. The number of H-pyrrole nitrogens is 1. The first kappa shape index (κ1) is 12.8. The summed E-state index contributed by atoms with van der Waals surface area (Å²) in [6, 6.07) is 9.25. The second kappa shape index (κ2) is 4.58. The maximum Gasteiger partial charge on any atom is 0.345 e. The number of nitrogens with zero attached hydrogens (tertiary/aromatic N) is 1. The highest BCUT2D eigenvalue weighted by Crippen LogP contribution is 2.27. The predicted octanol–water partition coefficient (Wildman–Crippen LogP) is 3.39. The topological polar surface area (TPSA) is 45.8 Å². The smallest absolute Gasteiger partial charge is 0.309 e. The molecule has 0 aliphatic rings. The lowest BCUT2D eigenvalue weighted by Crippen LogP contribution is -2.21. The monoisotopic (exact) mass is 262 g/mol. The lowest BCUT2D eigenvalue weighted by Gasteiger charge is -2.18. The SMILES string of the molecule is CC(C)(C)c1cc(-c2ccccc2Cl)nc(=O)[nH]1. The molecule has 3 nitrogen and oxygen atoms in total. The van der Waals surface area contributed by atoms with Crippen LogP contribution < -0.4 is 5.69 Å². The van der Waals surface area contributed by atoms with Crippen molar-refractivity contribution in [3.63, 3.8) is 0 Å². The third-order valence-electron chi connectivity index (χ3n) is 2.70. The van der Waals surface area contributed by atoms with Gasteiger partial charge in [0.25, 0.3) is 0 Å². The van der Waals surface area contributed by atoms with Crippen molar-refractivity contribution < 1.29 is 0 Å². The maximum absolute atomic E-state index is 11.6. The van der Waals surface area contributed by atoms with Gasteiger partial charge < -0.3 is 4.98 Å². The van der Waals surface area contributed by atoms with Crippen LogP contribution in [0.25, 0.3) is 11.3 Å². The van der Waals surface area contributed by atoms with E-state index in [1.54, 1.807) is 6.07 Å². The average molecular weight is 263 g/mol. The molecule has 0 amide bonds. The van der Waals surface area contributed by atoms with Crippen molar-refractivity contribution >= 4 is 11.6 Å². The van der Waals surface area contributed by atoms with E-state index in [9.17, 15) is 4.79 Å². The van der Waals surface area contributed by atoms with Crippen LogP contribution in [0, 0.1) is 0 Å². The van der Waals surface area contributed by atoms with Crippen molar-refractivity contribution in [2.45, 2.75) is 26.2 Å². The molecule has 18 heavy (non-hydrogen) atoms. The summed E-state index contributed by atoms with van der Waals surface area (Å²) in [4.78, 5) is 18.4. The number of halogens is 1. The van der Waals surface area contributed by atoms with Gasteiger partial charge in [0.2, 0.25) is 0 Å². The van der Waals surface area contributed by atoms with E-state index in [0.29, 0.717) is 10.7 Å². The number of nitrogens with one attached hydrogen (secondary N) is 1. The Morgan fingerprint density at radius 3 is 2.50 bits per heavy atom. The molecular formula is C14H15ClN2O. The van der Waals surface area contributed by atoms with Gasteiger partial charge in [0, 0.05) is 21.7 Å². The van der Waals surface area contributed by atoms with E-state index < -0.39 is 0 Å². The van der Waals surface area contributed by atoms with Gasteiger partial charge in [-0.1, -0.05) is 50.6 Å². The van der Waals surface area contributed by atoms with Crippen LogP contribution >= 0.6 is 11.6 Å². The predicted molar refractivity (Wildman–Crippen MR) is 74.0 cm³/mol. The van der Waals surface area contributed by atoms with Gasteiger partial charge in [-0.3, -0.25) is 0 Å². The summed E-state index contributed by atoms with van der Waals surface area (Å²) >= 11 is 6.13. The van der Waals surface area contributed by atoms with Gasteiger partial charge in [-0.05, 0) is 12.1 Å². The molecule has 0 spiro atoms. The van der Waals surface area contributed by atoms with Crippen molar-refractivity contribution in [3.05, 3.63) is 51.5 Å². The van der Waals surface area contributed by atoms with E-state index in [1.165, 1.54) is 0 Å². The van der Waals surface area contributed by atoms with E-state index in [4.69, 9.17) is 11.6 Å². The quantitative estimate of drug-likeness (QED) is 0.856. The minimum absolute atomic E-state index is 0.141. The molecule has 0 unspecified atom stereocenters. The standard InChI is InChI=1S/C14H15ClN2O/c1-14(2,3)12-8-11(16-13(18)17-12)9-6-4-5-7-10(9)15/h4-8H,1-3H3,(H,16,17,18). The van der Waals surface area contributed by atoms with Gasteiger partial charge in [-0.2, -0.15) is 4.98 Å². The van der Waals surface area contributed by atoms with Gasteiger partial charge in [0.1, 0.15) is 0 Å². The number of hydrogen-bond acceptors (Lipinski definition) is 2. The summed E-state index contributed by atoms with van der Waals surface area (Å²) in [5.74, 6) is 0. The third kappa shape index (κ3) is 2.62. The van der Waals surface area contributed by atoms with E-state index in [1.807, 2.05) is 45.0 Å². The number of hydrogen-bond donors (Lipinski definition) is 1. The Morgan fingerprint density at radius 1 is 1.22 bits per heavy atom. The van der Waals surface area contributed by atoms with Crippen LogP contribution in [-0.4, -0.2) is 9.97 Å². The third-order valence-corrected chi connectivity index (χ3v) is 3.03. The van der Waals surface area contributed by atoms with E-state index in [-0.39, 0.29) is 11.1 Å². The van der Waals surface area contributed by atoms with E-state index in [2.05, 4.69) is 9.97 Å². The molecule has 0 bridgehead atoms. The van der Waals surface area contributed by atoms with Crippen LogP contribution in [0.2, 0.25) is 5.02 Å².